The fourth-order valence-electron chi connectivity index (χ4n) is 1.58. The molecule has 1 heterocycles. The van der Waals surface area contributed by atoms with Crippen molar-refractivity contribution in [3.63, 3.8) is 0 Å². The molecule has 0 amide bonds. The summed E-state index contributed by atoms with van der Waals surface area (Å²) in [7, 11) is 0. The van der Waals surface area contributed by atoms with Crippen molar-refractivity contribution in [2.45, 2.75) is 6.92 Å². The van der Waals surface area contributed by atoms with E-state index < -0.39 is 4.92 Å². The molecule has 2 aromatic rings. The second kappa shape index (κ2) is 5.26. The number of halogens is 1. The first-order chi connectivity index (χ1) is 9.01. The molecule has 0 saturated heterocycles. The Morgan fingerprint density at radius 2 is 2.21 bits per heavy atom. The van der Waals surface area contributed by atoms with E-state index in [1.807, 2.05) is 13.0 Å². The van der Waals surface area contributed by atoms with Crippen LogP contribution in [0.15, 0.2) is 24.3 Å². The highest BCUT2D eigenvalue weighted by atomic mass is 35.5. The summed E-state index contributed by atoms with van der Waals surface area (Å²) in [6, 6.07) is 8.02. The second-order valence-electron chi connectivity index (χ2n) is 3.76. The van der Waals surface area contributed by atoms with Gasteiger partial charge in [-0.05, 0) is 25.1 Å². The van der Waals surface area contributed by atoms with Crippen molar-refractivity contribution >= 4 is 39.3 Å². The number of benzene rings is 1. The molecule has 1 N–H and O–H groups in total. The molecule has 1 aromatic heterocycles. The van der Waals surface area contributed by atoms with Crippen LogP contribution in [-0.4, -0.2) is 4.92 Å². The first-order valence-corrected chi connectivity index (χ1v) is 6.42. The molecule has 96 valence electrons. The summed E-state index contributed by atoms with van der Waals surface area (Å²) < 4.78 is 0. The molecule has 7 heteroatoms. The molecule has 0 aliphatic heterocycles. The van der Waals surface area contributed by atoms with Crippen LogP contribution in [-0.2, 0) is 0 Å². The number of nitro benzene ring substituents is 1. The largest absolute Gasteiger partial charge is 0.340 e. The molecule has 0 bridgehead atoms. The predicted molar refractivity (Wildman–Crippen MR) is 75.2 cm³/mol. The molecule has 0 aliphatic carbocycles. The molecule has 5 nitrogen and oxygen atoms in total. The van der Waals surface area contributed by atoms with E-state index in [2.05, 4.69) is 5.32 Å². The Kier molecular flexibility index (Phi) is 3.69. The van der Waals surface area contributed by atoms with E-state index in [4.69, 9.17) is 16.9 Å². The van der Waals surface area contributed by atoms with E-state index in [9.17, 15) is 10.1 Å². The van der Waals surface area contributed by atoms with Gasteiger partial charge in [-0.25, -0.2) is 0 Å². The number of rotatable bonds is 3. The molecule has 0 atom stereocenters. The summed E-state index contributed by atoms with van der Waals surface area (Å²) in [6.45, 7) is 1.86. The van der Waals surface area contributed by atoms with Crippen LogP contribution in [0.5, 0.6) is 0 Å². The van der Waals surface area contributed by atoms with E-state index in [0.29, 0.717) is 15.6 Å². The van der Waals surface area contributed by atoms with Crippen molar-refractivity contribution in [1.82, 2.24) is 0 Å². The number of nitriles is 1. The molecular weight excluding hydrogens is 286 g/mol. The molecule has 19 heavy (non-hydrogen) atoms. The van der Waals surface area contributed by atoms with Gasteiger partial charge in [0.25, 0.3) is 5.69 Å². The number of nitro groups is 1. The molecule has 0 radical (unpaired) electrons. The van der Waals surface area contributed by atoms with Gasteiger partial charge in [0, 0.05) is 16.0 Å². The van der Waals surface area contributed by atoms with Crippen LogP contribution >= 0.6 is 22.9 Å². The van der Waals surface area contributed by atoms with Crippen molar-refractivity contribution in [2.24, 2.45) is 0 Å². The first-order valence-electron chi connectivity index (χ1n) is 5.22. The maximum absolute atomic E-state index is 10.9. The number of aryl methyl sites for hydroxylation is 1. The van der Waals surface area contributed by atoms with Crippen LogP contribution in [0.2, 0.25) is 5.02 Å². The molecule has 0 spiro atoms. The zero-order valence-electron chi connectivity index (χ0n) is 9.81. The van der Waals surface area contributed by atoms with Gasteiger partial charge < -0.3 is 5.32 Å². The Balaban J connectivity index is 2.45. The predicted octanol–water partition coefficient (Wildman–Crippen LogP) is 4.23. The summed E-state index contributed by atoms with van der Waals surface area (Å²) in [4.78, 5) is 11.4. The van der Waals surface area contributed by atoms with Gasteiger partial charge in [-0.15, -0.1) is 11.3 Å². The van der Waals surface area contributed by atoms with E-state index >= 15 is 0 Å². The Labute approximate surface area is 118 Å². The van der Waals surface area contributed by atoms with Crippen LogP contribution < -0.4 is 5.32 Å². The molecule has 2 rings (SSSR count). The highest BCUT2D eigenvalue weighted by Crippen LogP contribution is 2.35. The number of anilines is 2. The van der Waals surface area contributed by atoms with Gasteiger partial charge in [0.05, 0.1) is 10.5 Å². The lowest BCUT2D eigenvalue weighted by molar-refractivity contribution is -0.383. The molecular formula is C12H8ClN3O2S. The van der Waals surface area contributed by atoms with Crippen LogP contribution in [0.3, 0.4) is 0 Å². The maximum Gasteiger partial charge on any atom is 0.292 e. The lowest BCUT2D eigenvalue weighted by Crippen LogP contribution is -1.96. The number of nitrogens with zero attached hydrogens (tertiary/aromatic N) is 2. The molecule has 0 unspecified atom stereocenters. The Bertz CT molecular complexity index is 691. The molecule has 0 aliphatic rings. The minimum atomic E-state index is -0.495. The summed E-state index contributed by atoms with van der Waals surface area (Å²) in [5.74, 6) is 0. The SMILES string of the molecule is Cc1cc(C#N)c(Nc2cc(Cl)ccc2[N+](=O)[O-])s1. The fraction of sp³-hybridized carbons (Fsp3) is 0.0833. The summed E-state index contributed by atoms with van der Waals surface area (Å²) in [5, 5.41) is 23.8. The quantitative estimate of drug-likeness (QED) is 0.678. The topological polar surface area (TPSA) is 79.0 Å². The number of hydrogen-bond acceptors (Lipinski definition) is 5. The third-order valence-corrected chi connectivity index (χ3v) is 3.58. The van der Waals surface area contributed by atoms with Crippen LogP contribution in [0.1, 0.15) is 10.4 Å². The average molecular weight is 294 g/mol. The van der Waals surface area contributed by atoms with Gasteiger partial charge in [0.2, 0.25) is 0 Å². The van der Waals surface area contributed by atoms with Crippen molar-refractivity contribution in [1.29, 1.82) is 5.26 Å². The number of nitrogens with one attached hydrogen (secondary N) is 1. The van der Waals surface area contributed by atoms with Gasteiger partial charge in [0.15, 0.2) is 0 Å². The van der Waals surface area contributed by atoms with Gasteiger partial charge >= 0.3 is 0 Å². The second-order valence-corrected chi connectivity index (χ2v) is 5.45. The van der Waals surface area contributed by atoms with Crippen molar-refractivity contribution in [2.75, 3.05) is 5.32 Å². The average Bonchev–Trinajstić information content (AvgIpc) is 2.69. The minimum absolute atomic E-state index is 0.0839. The first kappa shape index (κ1) is 13.3. The zero-order valence-corrected chi connectivity index (χ0v) is 11.4. The lowest BCUT2D eigenvalue weighted by atomic mass is 10.2. The summed E-state index contributed by atoms with van der Waals surface area (Å²) in [6.07, 6.45) is 0. The van der Waals surface area contributed by atoms with E-state index in [-0.39, 0.29) is 11.4 Å². The van der Waals surface area contributed by atoms with Gasteiger partial charge in [0.1, 0.15) is 16.8 Å². The lowest BCUT2D eigenvalue weighted by Gasteiger charge is -2.05. The zero-order chi connectivity index (χ0) is 14.0. The van der Waals surface area contributed by atoms with Crippen molar-refractivity contribution in [3.05, 3.63) is 49.8 Å². The highest BCUT2D eigenvalue weighted by molar-refractivity contribution is 7.16. The van der Waals surface area contributed by atoms with Crippen molar-refractivity contribution < 1.29 is 4.92 Å². The van der Waals surface area contributed by atoms with Crippen molar-refractivity contribution in [3.8, 4) is 6.07 Å². The van der Waals surface area contributed by atoms with Gasteiger partial charge in [-0.2, -0.15) is 5.26 Å². The Hall–Kier alpha value is -2.10. The minimum Gasteiger partial charge on any atom is -0.340 e. The molecule has 0 fully saturated rings. The number of hydrogen-bond donors (Lipinski definition) is 1. The van der Waals surface area contributed by atoms with Crippen LogP contribution in [0.25, 0.3) is 0 Å². The molecule has 0 saturated carbocycles. The standard InChI is InChI=1S/C12H8ClN3O2S/c1-7-4-8(6-14)12(19-7)15-10-5-9(13)2-3-11(10)16(17)18/h2-5,15H,1H3. The normalized spacial score (nSPS) is 9.95. The number of thiophene rings is 1. The van der Waals surface area contributed by atoms with Gasteiger partial charge in [-0.3, -0.25) is 10.1 Å². The van der Waals surface area contributed by atoms with E-state index in [0.717, 1.165) is 4.88 Å². The summed E-state index contributed by atoms with van der Waals surface area (Å²) in [5.41, 5.74) is 0.645. The van der Waals surface area contributed by atoms with Crippen LogP contribution in [0, 0.1) is 28.4 Å². The smallest absolute Gasteiger partial charge is 0.292 e. The van der Waals surface area contributed by atoms with Crippen LogP contribution in [0.4, 0.5) is 16.4 Å². The maximum atomic E-state index is 10.9. The fourth-order valence-corrected chi connectivity index (χ4v) is 2.63. The third kappa shape index (κ3) is 2.84. The van der Waals surface area contributed by atoms with Gasteiger partial charge in [-0.1, -0.05) is 11.6 Å². The summed E-state index contributed by atoms with van der Waals surface area (Å²) >= 11 is 7.20. The Morgan fingerprint density at radius 1 is 1.47 bits per heavy atom. The van der Waals surface area contributed by atoms with E-state index in [1.54, 1.807) is 6.07 Å². The monoisotopic (exact) mass is 293 g/mol. The molecule has 1 aromatic carbocycles. The Morgan fingerprint density at radius 3 is 2.84 bits per heavy atom. The third-order valence-electron chi connectivity index (χ3n) is 2.38. The highest BCUT2D eigenvalue weighted by Gasteiger charge is 2.16. The van der Waals surface area contributed by atoms with E-state index in [1.165, 1.54) is 29.5 Å².